The Morgan fingerprint density at radius 3 is 2.77 bits per heavy atom. The fraction of sp³-hybridized carbons (Fsp3) is 0. The van der Waals surface area contributed by atoms with E-state index < -0.39 is 5.82 Å². The topological polar surface area (TPSA) is 57.4 Å². The molecular weight excluding hydrogens is 191 g/mol. The first-order chi connectivity index (χ1) is 6.25. The Morgan fingerprint density at radius 2 is 2.15 bits per heavy atom. The Kier molecular flexibility index (Phi) is 1.90. The second kappa shape index (κ2) is 3.06. The largest absolute Gasteiger partial charge is 0.282 e. The number of hydrogen-bond acceptors (Lipinski definition) is 3. The second-order valence-electron chi connectivity index (χ2n) is 2.41. The second-order valence-corrected chi connectivity index (χ2v) is 2.79. The minimum atomic E-state index is -0.403. The summed E-state index contributed by atoms with van der Waals surface area (Å²) in [6.07, 6.45) is 2.63. The zero-order valence-corrected chi connectivity index (χ0v) is 7.23. The summed E-state index contributed by atoms with van der Waals surface area (Å²) in [7, 11) is 0. The summed E-state index contributed by atoms with van der Waals surface area (Å²) in [5.74, 6) is 0.0804. The van der Waals surface area contributed by atoms with Crippen molar-refractivity contribution in [2.75, 3.05) is 0 Å². The average Bonchev–Trinajstić information content (AvgIpc) is 2.52. The molecule has 4 nitrogen and oxygen atoms in total. The Balaban J connectivity index is 2.52. The molecular formula is C7H5FN4S. The lowest BCUT2D eigenvalue weighted by Crippen LogP contribution is -1.84. The molecule has 66 valence electrons. The van der Waals surface area contributed by atoms with Crippen molar-refractivity contribution >= 4 is 12.2 Å². The predicted octanol–water partition coefficient (Wildman–Crippen LogP) is 1.67. The van der Waals surface area contributed by atoms with E-state index in [-0.39, 0.29) is 0 Å². The van der Waals surface area contributed by atoms with Crippen molar-refractivity contribution in [1.29, 1.82) is 0 Å². The molecule has 0 saturated carbocycles. The van der Waals surface area contributed by atoms with Gasteiger partial charge in [0.25, 0.3) is 0 Å². The number of aromatic amines is 2. The van der Waals surface area contributed by atoms with Gasteiger partial charge in [0.05, 0.1) is 6.20 Å². The summed E-state index contributed by atoms with van der Waals surface area (Å²) < 4.78 is 13.1. The summed E-state index contributed by atoms with van der Waals surface area (Å²) in [5, 5.41) is 5.32. The molecule has 0 saturated heterocycles. The van der Waals surface area contributed by atoms with Gasteiger partial charge in [-0.15, -0.1) is 0 Å². The fourth-order valence-corrected chi connectivity index (χ4v) is 1.09. The minimum Gasteiger partial charge on any atom is -0.282 e. The number of nitrogens with zero attached hydrogens (tertiary/aromatic N) is 2. The first-order valence-corrected chi connectivity index (χ1v) is 3.92. The molecule has 13 heavy (non-hydrogen) atoms. The van der Waals surface area contributed by atoms with Crippen molar-refractivity contribution in [2.24, 2.45) is 0 Å². The van der Waals surface area contributed by atoms with Gasteiger partial charge >= 0.3 is 0 Å². The first kappa shape index (κ1) is 8.06. The SMILES string of the molecule is Fc1cncc(-c2nc(=S)[nH][nH]2)c1. The molecule has 0 fully saturated rings. The minimum absolute atomic E-state index is 0.333. The summed E-state index contributed by atoms with van der Waals surface area (Å²) in [4.78, 5) is 7.61. The monoisotopic (exact) mass is 196 g/mol. The molecule has 0 radical (unpaired) electrons. The van der Waals surface area contributed by atoms with Crippen LogP contribution in [-0.4, -0.2) is 20.2 Å². The van der Waals surface area contributed by atoms with Crippen molar-refractivity contribution in [3.8, 4) is 11.4 Å². The highest BCUT2D eigenvalue weighted by molar-refractivity contribution is 7.71. The molecule has 2 N–H and O–H groups in total. The van der Waals surface area contributed by atoms with Gasteiger partial charge in [-0.2, -0.15) is 4.98 Å². The zero-order chi connectivity index (χ0) is 9.26. The van der Waals surface area contributed by atoms with Crippen molar-refractivity contribution in [1.82, 2.24) is 20.2 Å². The van der Waals surface area contributed by atoms with Crippen LogP contribution in [0.1, 0.15) is 0 Å². The third-order valence-corrected chi connectivity index (χ3v) is 1.67. The van der Waals surface area contributed by atoms with Crippen LogP contribution < -0.4 is 0 Å². The maximum atomic E-state index is 12.7. The van der Waals surface area contributed by atoms with Gasteiger partial charge in [-0.3, -0.25) is 15.2 Å². The lowest BCUT2D eigenvalue weighted by Gasteiger charge is -1.93. The molecule has 0 atom stereocenters. The number of hydrogen-bond donors (Lipinski definition) is 2. The van der Waals surface area contributed by atoms with E-state index in [1.54, 1.807) is 0 Å². The Morgan fingerprint density at radius 1 is 1.31 bits per heavy atom. The van der Waals surface area contributed by atoms with Gasteiger partial charge in [-0.05, 0) is 18.3 Å². The predicted molar refractivity (Wildman–Crippen MR) is 47.0 cm³/mol. The number of H-pyrrole nitrogens is 2. The molecule has 2 aromatic heterocycles. The molecule has 0 aliphatic rings. The molecule has 6 heteroatoms. The van der Waals surface area contributed by atoms with Crippen molar-refractivity contribution in [3.63, 3.8) is 0 Å². The van der Waals surface area contributed by atoms with Crippen LogP contribution in [0.25, 0.3) is 11.4 Å². The number of aromatic nitrogens is 4. The standard InChI is InChI=1S/C7H5FN4S/c8-5-1-4(2-9-3-5)6-10-7(13)12-11-6/h1-3H,(H2,10,11,12,13). The third kappa shape index (κ3) is 1.62. The fourth-order valence-electron chi connectivity index (χ4n) is 0.948. The van der Waals surface area contributed by atoms with Crippen LogP contribution in [0.15, 0.2) is 18.5 Å². The Labute approximate surface area is 77.8 Å². The normalized spacial score (nSPS) is 10.2. The molecule has 0 aromatic carbocycles. The molecule has 0 aliphatic heterocycles. The van der Waals surface area contributed by atoms with Gasteiger partial charge in [0, 0.05) is 11.8 Å². The van der Waals surface area contributed by atoms with Crippen LogP contribution in [0.2, 0.25) is 0 Å². The quantitative estimate of drug-likeness (QED) is 0.682. The Bertz CT molecular complexity index is 475. The molecule has 0 spiro atoms. The summed E-state index contributed by atoms with van der Waals surface area (Å²) in [5.41, 5.74) is 0.562. The van der Waals surface area contributed by atoms with Crippen molar-refractivity contribution in [2.45, 2.75) is 0 Å². The van der Waals surface area contributed by atoms with Crippen molar-refractivity contribution < 1.29 is 4.39 Å². The van der Waals surface area contributed by atoms with Gasteiger partial charge in [0.15, 0.2) is 5.82 Å². The highest BCUT2D eigenvalue weighted by Crippen LogP contribution is 2.12. The van der Waals surface area contributed by atoms with Gasteiger partial charge in [0.2, 0.25) is 4.77 Å². The van der Waals surface area contributed by atoms with E-state index >= 15 is 0 Å². The van der Waals surface area contributed by atoms with E-state index in [9.17, 15) is 4.39 Å². The lowest BCUT2D eigenvalue weighted by molar-refractivity contribution is 0.622. The van der Waals surface area contributed by atoms with Gasteiger partial charge in [-0.1, -0.05) is 0 Å². The molecule has 0 bridgehead atoms. The number of nitrogens with one attached hydrogen (secondary N) is 2. The number of rotatable bonds is 1. The van der Waals surface area contributed by atoms with E-state index in [2.05, 4.69) is 20.2 Å². The average molecular weight is 196 g/mol. The number of pyridine rings is 1. The molecule has 2 rings (SSSR count). The van der Waals surface area contributed by atoms with Gasteiger partial charge in [-0.25, -0.2) is 4.39 Å². The highest BCUT2D eigenvalue weighted by Gasteiger charge is 2.01. The van der Waals surface area contributed by atoms with E-state index in [0.717, 1.165) is 6.20 Å². The van der Waals surface area contributed by atoms with Crippen LogP contribution in [0.4, 0.5) is 4.39 Å². The number of halogens is 1. The van der Waals surface area contributed by atoms with Crippen molar-refractivity contribution in [3.05, 3.63) is 29.0 Å². The molecule has 0 aliphatic carbocycles. The van der Waals surface area contributed by atoms with E-state index in [4.69, 9.17) is 12.2 Å². The van der Waals surface area contributed by atoms with Crippen LogP contribution in [0.3, 0.4) is 0 Å². The smallest absolute Gasteiger partial charge is 0.213 e. The third-order valence-electron chi connectivity index (χ3n) is 1.48. The molecule has 0 unspecified atom stereocenters. The van der Waals surface area contributed by atoms with Gasteiger partial charge < -0.3 is 0 Å². The highest BCUT2D eigenvalue weighted by atomic mass is 32.1. The zero-order valence-electron chi connectivity index (χ0n) is 6.41. The molecule has 0 amide bonds. The van der Waals surface area contributed by atoms with Crippen LogP contribution >= 0.6 is 12.2 Å². The summed E-state index contributed by atoms with van der Waals surface area (Å²) in [6.45, 7) is 0. The summed E-state index contributed by atoms with van der Waals surface area (Å²) >= 11 is 4.75. The first-order valence-electron chi connectivity index (χ1n) is 3.51. The van der Waals surface area contributed by atoms with E-state index in [1.165, 1.54) is 12.3 Å². The Hall–Kier alpha value is -1.56. The van der Waals surface area contributed by atoms with E-state index in [1.807, 2.05) is 0 Å². The van der Waals surface area contributed by atoms with Crippen LogP contribution in [0.5, 0.6) is 0 Å². The van der Waals surface area contributed by atoms with E-state index in [0.29, 0.717) is 16.2 Å². The van der Waals surface area contributed by atoms with Gasteiger partial charge in [0.1, 0.15) is 5.82 Å². The van der Waals surface area contributed by atoms with Crippen LogP contribution in [-0.2, 0) is 0 Å². The van der Waals surface area contributed by atoms with Crippen LogP contribution in [0, 0.1) is 10.6 Å². The maximum absolute atomic E-state index is 12.7. The maximum Gasteiger partial charge on any atom is 0.213 e. The summed E-state index contributed by atoms with van der Waals surface area (Å²) in [6, 6.07) is 1.33. The molecule has 2 aromatic rings. The molecule has 2 heterocycles. The lowest BCUT2D eigenvalue weighted by atomic mass is 10.3.